The van der Waals surface area contributed by atoms with E-state index in [1.54, 1.807) is 0 Å². The molecule has 86 valence electrons. The molecule has 16 heavy (non-hydrogen) atoms. The van der Waals surface area contributed by atoms with Gasteiger partial charge in [0.25, 0.3) is 0 Å². The molecule has 4 atom stereocenters. The Bertz CT molecular complexity index is 433. The van der Waals surface area contributed by atoms with Gasteiger partial charge in [-0.15, -0.1) is 5.10 Å². The highest BCUT2D eigenvalue weighted by molar-refractivity contribution is 5.96. The second kappa shape index (κ2) is 3.09. The van der Waals surface area contributed by atoms with E-state index in [0.29, 0.717) is 6.42 Å². The van der Waals surface area contributed by atoms with Crippen LogP contribution >= 0.6 is 0 Å². The highest BCUT2D eigenvalue weighted by Gasteiger charge is 2.46. The quantitative estimate of drug-likeness (QED) is 0.724. The van der Waals surface area contributed by atoms with Gasteiger partial charge < -0.3 is 0 Å². The number of ketones is 1. The Labute approximate surface area is 90.7 Å². The molecule has 0 amide bonds. The van der Waals surface area contributed by atoms with Gasteiger partial charge in [-0.1, -0.05) is 0 Å². The first kappa shape index (κ1) is 9.86. The minimum absolute atomic E-state index is 0.0330. The summed E-state index contributed by atoms with van der Waals surface area (Å²) in [4.78, 5) is 15.5. The first-order valence-electron chi connectivity index (χ1n) is 5.36. The van der Waals surface area contributed by atoms with Gasteiger partial charge in [0.15, 0.2) is 12.0 Å². The summed E-state index contributed by atoms with van der Waals surface area (Å²) in [5, 5.41) is 3.97. The zero-order valence-corrected chi connectivity index (χ0v) is 8.73. The third-order valence-electron chi connectivity index (χ3n) is 3.17. The molecule has 1 aromatic rings. The number of rotatable bonds is 2. The molecule has 1 saturated carbocycles. The van der Waals surface area contributed by atoms with Crippen LogP contribution in [0.4, 0.5) is 8.78 Å². The van der Waals surface area contributed by atoms with Gasteiger partial charge in [-0.2, -0.15) is 0 Å². The fourth-order valence-electron chi connectivity index (χ4n) is 2.08. The maximum atomic E-state index is 13.4. The number of aromatic nitrogens is 3. The molecular weight excluding hydrogens is 216 g/mol. The number of carbonyl (C=O) groups is 1. The largest absolute Gasteiger partial charge is 0.290 e. The Balaban J connectivity index is 1.91. The number of Topliss-reactive ketones (excluding diaryl/α,β-unsaturated/α-hetero) is 1. The van der Waals surface area contributed by atoms with Crippen molar-refractivity contribution in [1.82, 2.24) is 14.8 Å². The fourth-order valence-corrected chi connectivity index (χ4v) is 2.08. The number of halogens is 2. The molecule has 0 spiro atoms. The summed E-state index contributed by atoms with van der Waals surface area (Å²) in [5.74, 6) is -0.827. The van der Waals surface area contributed by atoms with Crippen LogP contribution in [0.15, 0.2) is 0 Å². The van der Waals surface area contributed by atoms with Crippen molar-refractivity contribution in [2.75, 3.05) is 0 Å². The van der Waals surface area contributed by atoms with Crippen LogP contribution < -0.4 is 0 Å². The van der Waals surface area contributed by atoms with Gasteiger partial charge in [-0.3, -0.25) is 4.79 Å². The molecule has 4 nitrogen and oxygen atoms in total. The van der Waals surface area contributed by atoms with Crippen LogP contribution in [0.5, 0.6) is 0 Å². The lowest BCUT2D eigenvalue weighted by molar-refractivity contribution is 0.0946. The lowest BCUT2D eigenvalue weighted by Crippen LogP contribution is -2.09. The number of hydrogen-bond donors (Lipinski definition) is 0. The Kier molecular flexibility index (Phi) is 1.90. The predicted molar refractivity (Wildman–Crippen MR) is 50.5 cm³/mol. The van der Waals surface area contributed by atoms with Crippen LogP contribution in [0.2, 0.25) is 0 Å². The highest BCUT2D eigenvalue weighted by Crippen LogP contribution is 2.38. The molecule has 1 aliphatic carbocycles. The Morgan fingerprint density at radius 2 is 2.12 bits per heavy atom. The van der Waals surface area contributed by atoms with Crippen molar-refractivity contribution in [3.05, 3.63) is 11.6 Å². The average molecular weight is 227 g/mol. The Morgan fingerprint density at radius 3 is 2.69 bits per heavy atom. The first-order chi connectivity index (χ1) is 7.58. The van der Waals surface area contributed by atoms with Crippen molar-refractivity contribution in [1.29, 1.82) is 0 Å². The predicted octanol–water partition coefficient (Wildman–Crippen LogP) is 1.79. The van der Waals surface area contributed by atoms with Crippen LogP contribution in [-0.2, 0) is 0 Å². The van der Waals surface area contributed by atoms with E-state index >= 15 is 0 Å². The van der Waals surface area contributed by atoms with Crippen LogP contribution in [0.1, 0.15) is 48.4 Å². The second-order valence-corrected chi connectivity index (χ2v) is 4.51. The summed E-state index contributed by atoms with van der Waals surface area (Å²) >= 11 is 0. The van der Waals surface area contributed by atoms with Crippen LogP contribution in [-0.4, -0.2) is 26.7 Å². The zero-order chi connectivity index (χ0) is 11.4. The molecule has 3 rings (SSSR count). The van der Waals surface area contributed by atoms with E-state index in [-0.39, 0.29) is 24.1 Å². The molecule has 2 heterocycles. The van der Waals surface area contributed by atoms with Crippen molar-refractivity contribution in [2.45, 2.75) is 38.2 Å². The number of carbonyl (C=O) groups excluding carboxylic acids is 1. The van der Waals surface area contributed by atoms with Crippen molar-refractivity contribution in [3.63, 3.8) is 0 Å². The summed E-state index contributed by atoms with van der Waals surface area (Å²) < 4.78 is 27.6. The third-order valence-corrected chi connectivity index (χ3v) is 3.17. The van der Waals surface area contributed by atoms with Crippen molar-refractivity contribution in [3.8, 4) is 0 Å². The summed E-state index contributed by atoms with van der Waals surface area (Å²) in [6.07, 6.45) is -1.63. The number of hydrogen-bond acceptors (Lipinski definition) is 3. The maximum absolute atomic E-state index is 13.4. The molecule has 0 aromatic carbocycles. The van der Waals surface area contributed by atoms with Crippen LogP contribution in [0.3, 0.4) is 0 Å². The fraction of sp³-hybridized carbons (Fsp3) is 0.700. The summed E-state index contributed by atoms with van der Waals surface area (Å²) in [5.41, 5.74) is 0. The van der Waals surface area contributed by atoms with Crippen molar-refractivity contribution >= 4 is 5.78 Å². The molecule has 1 aliphatic heterocycles. The Morgan fingerprint density at radius 1 is 1.44 bits per heavy atom. The highest BCUT2D eigenvalue weighted by atomic mass is 19.1. The first-order valence-corrected chi connectivity index (χ1v) is 5.36. The molecule has 0 radical (unpaired) electrons. The topological polar surface area (TPSA) is 47.8 Å². The molecule has 6 heteroatoms. The molecule has 0 N–H and O–H groups in total. The van der Waals surface area contributed by atoms with E-state index in [2.05, 4.69) is 10.1 Å². The zero-order valence-electron chi connectivity index (χ0n) is 8.73. The van der Waals surface area contributed by atoms with Gasteiger partial charge in [-0.05, 0) is 13.3 Å². The SMILES string of the molecule is C[C@H]1C[C@@H](F)c2nc(C(=O)[C@@H]3C[C@H]3F)nn21. The smallest absolute Gasteiger partial charge is 0.218 e. The Hall–Kier alpha value is -1.33. The van der Waals surface area contributed by atoms with Gasteiger partial charge in [0.05, 0.1) is 12.0 Å². The summed E-state index contributed by atoms with van der Waals surface area (Å²) in [6.45, 7) is 1.82. The van der Waals surface area contributed by atoms with E-state index in [1.165, 1.54) is 4.68 Å². The molecule has 2 aliphatic rings. The molecule has 0 bridgehead atoms. The monoisotopic (exact) mass is 227 g/mol. The lowest BCUT2D eigenvalue weighted by atomic mass is 10.2. The number of nitrogens with zero attached hydrogens (tertiary/aromatic N) is 3. The van der Waals surface area contributed by atoms with E-state index in [1.807, 2.05) is 6.92 Å². The van der Waals surface area contributed by atoms with E-state index in [4.69, 9.17) is 0 Å². The van der Waals surface area contributed by atoms with Gasteiger partial charge in [0, 0.05) is 6.42 Å². The molecular formula is C10H11F2N3O. The summed E-state index contributed by atoms with van der Waals surface area (Å²) in [6, 6.07) is -0.0839. The van der Waals surface area contributed by atoms with E-state index in [0.717, 1.165) is 0 Å². The minimum Gasteiger partial charge on any atom is -0.290 e. The third kappa shape index (κ3) is 1.28. The van der Waals surface area contributed by atoms with Crippen LogP contribution in [0.25, 0.3) is 0 Å². The van der Waals surface area contributed by atoms with E-state index < -0.39 is 24.0 Å². The van der Waals surface area contributed by atoms with Crippen LogP contribution in [0, 0.1) is 5.92 Å². The van der Waals surface area contributed by atoms with E-state index in [9.17, 15) is 13.6 Å². The summed E-state index contributed by atoms with van der Waals surface area (Å²) in [7, 11) is 0. The number of fused-ring (bicyclic) bond motifs is 1. The van der Waals surface area contributed by atoms with Crippen molar-refractivity contribution < 1.29 is 13.6 Å². The van der Waals surface area contributed by atoms with Gasteiger partial charge >= 0.3 is 0 Å². The number of alkyl halides is 2. The van der Waals surface area contributed by atoms with Crippen molar-refractivity contribution in [2.24, 2.45) is 5.92 Å². The standard InChI is InChI=1S/C10H11F2N3O/c1-4-2-7(12)10-13-9(14-15(4)10)8(16)5-3-6(5)11/h4-7H,2-3H2,1H3/t4-,5+,6+,7+/m0/s1. The molecule has 1 aromatic heterocycles. The normalized spacial score (nSPS) is 36.2. The average Bonchev–Trinajstić information content (AvgIpc) is 2.73. The maximum Gasteiger partial charge on any atom is 0.218 e. The molecule has 0 saturated heterocycles. The lowest BCUT2D eigenvalue weighted by Gasteiger charge is -2.01. The molecule has 1 fully saturated rings. The van der Waals surface area contributed by atoms with Gasteiger partial charge in [0.1, 0.15) is 6.17 Å². The van der Waals surface area contributed by atoms with Gasteiger partial charge in [-0.25, -0.2) is 18.4 Å². The second-order valence-electron chi connectivity index (χ2n) is 4.51. The van der Waals surface area contributed by atoms with Gasteiger partial charge in [0.2, 0.25) is 11.6 Å². The molecule has 0 unspecified atom stereocenters. The minimum atomic E-state index is -1.16.